The highest BCUT2D eigenvalue weighted by Crippen LogP contribution is 2.25. The number of rotatable bonds is 5. The van der Waals surface area contributed by atoms with Crippen molar-refractivity contribution in [2.75, 3.05) is 13.6 Å². The third-order valence-electron chi connectivity index (χ3n) is 3.21. The van der Waals surface area contributed by atoms with Crippen LogP contribution in [0.25, 0.3) is 0 Å². The quantitative estimate of drug-likeness (QED) is 0.911. The molecule has 0 saturated carbocycles. The number of nitrogens with zero attached hydrogens (tertiary/aromatic N) is 2. The summed E-state index contributed by atoms with van der Waals surface area (Å²) in [6.45, 7) is 0.964. The van der Waals surface area contributed by atoms with Crippen LogP contribution in [0.1, 0.15) is 17.3 Å². The monoisotopic (exact) mass is 337 g/mol. The van der Waals surface area contributed by atoms with Crippen LogP contribution in [0.3, 0.4) is 0 Å². The average Bonchev–Trinajstić information content (AvgIpc) is 2.44. The van der Waals surface area contributed by atoms with Gasteiger partial charge in [0.1, 0.15) is 5.82 Å². The Hall–Kier alpha value is -1.30. The minimum absolute atomic E-state index is 0.186. The van der Waals surface area contributed by atoms with Crippen molar-refractivity contribution in [3.63, 3.8) is 0 Å². The van der Waals surface area contributed by atoms with Gasteiger partial charge < -0.3 is 5.73 Å². The van der Waals surface area contributed by atoms with E-state index in [4.69, 9.17) is 5.73 Å². The maximum atomic E-state index is 14.0. The van der Waals surface area contributed by atoms with E-state index in [1.807, 2.05) is 30.1 Å². The molecule has 0 bridgehead atoms. The number of hydrogen-bond donors (Lipinski definition) is 1. The molecule has 0 fully saturated rings. The summed E-state index contributed by atoms with van der Waals surface area (Å²) in [4.78, 5) is 6.29. The second-order valence-electron chi connectivity index (χ2n) is 4.65. The number of likely N-dealkylation sites (N-methyl/N-ethyl adjacent to an activating group) is 1. The molecule has 5 heteroatoms. The Labute approximate surface area is 126 Å². The highest BCUT2D eigenvalue weighted by atomic mass is 79.9. The lowest BCUT2D eigenvalue weighted by Crippen LogP contribution is -2.31. The molecule has 0 aliphatic heterocycles. The largest absolute Gasteiger partial charge is 0.329 e. The van der Waals surface area contributed by atoms with Gasteiger partial charge in [-0.05, 0) is 37.4 Å². The number of nitrogens with two attached hydrogens (primary N) is 1. The first kappa shape index (κ1) is 15.1. The van der Waals surface area contributed by atoms with Crippen LogP contribution in [0.4, 0.5) is 4.39 Å². The van der Waals surface area contributed by atoms with Crippen LogP contribution in [0.15, 0.2) is 47.1 Å². The minimum Gasteiger partial charge on any atom is -0.329 e. The minimum atomic E-state index is -0.239. The third kappa shape index (κ3) is 3.62. The Bertz CT molecular complexity index is 562. The predicted octanol–water partition coefficient (Wildman–Crippen LogP) is 3.12. The van der Waals surface area contributed by atoms with E-state index in [2.05, 4.69) is 20.9 Å². The molecule has 1 heterocycles. The molecule has 1 aromatic carbocycles. The molecule has 0 aliphatic carbocycles. The molecule has 1 unspecified atom stereocenters. The summed E-state index contributed by atoms with van der Waals surface area (Å²) < 4.78 is 14.8. The van der Waals surface area contributed by atoms with Crippen molar-refractivity contribution in [3.05, 3.63) is 64.1 Å². The second-order valence-corrected chi connectivity index (χ2v) is 5.57. The Kier molecular flexibility index (Phi) is 5.23. The first-order valence-electron chi connectivity index (χ1n) is 6.37. The van der Waals surface area contributed by atoms with Gasteiger partial charge in [-0.3, -0.25) is 9.88 Å². The summed E-state index contributed by atoms with van der Waals surface area (Å²) in [7, 11) is 1.92. The average molecular weight is 338 g/mol. The number of halogens is 2. The second kappa shape index (κ2) is 6.92. The Morgan fingerprint density at radius 3 is 2.80 bits per heavy atom. The van der Waals surface area contributed by atoms with Crippen molar-refractivity contribution in [1.82, 2.24) is 9.88 Å². The molecule has 2 N–H and O–H groups in total. The highest BCUT2D eigenvalue weighted by Gasteiger charge is 2.19. The van der Waals surface area contributed by atoms with Crippen LogP contribution in [-0.4, -0.2) is 23.5 Å². The highest BCUT2D eigenvalue weighted by molar-refractivity contribution is 9.10. The molecular weight excluding hydrogens is 321 g/mol. The molecule has 0 amide bonds. The predicted molar refractivity (Wildman–Crippen MR) is 81.6 cm³/mol. The van der Waals surface area contributed by atoms with Gasteiger partial charge in [-0.1, -0.05) is 22.0 Å². The fourth-order valence-corrected chi connectivity index (χ4v) is 2.55. The van der Waals surface area contributed by atoms with Crippen molar-refractivity contribution in [2.24, 2.45) is 5.73 Å². The van der Waals surface area contributed by atoms with Crippen molar-refractivity contribution in [3.8, 4) is 0 Å². The summed E-state index contributed by atoms with van der Waals surface area (Å²) in [5, 5.41) is 0. The zero-order valence-corrected chi connectivity index (χ0v) is 12.8. The van der Waals surface area contributed by atoms with E-state index in [1.165, 1.54) is 6.07 Å². The third-order valence-corrected chi connectivity index (χ3v) is 3.70. The fraction of sp³-hybridized carbons (Fsp3) is 0.267. The number of benzene rings is 1. The van der Waals surface area contributed by atoms with Crippen molar-refractivity contribution < 1.29 is 4.39 Å². The van der Waals surface area contributed by atoms with Gasteiger partial charge in [0, 0.05) is 29.3 Å². The maximum absolute atomic E-state index is 14.0. The number of aromatic nitrogens is 1. The summed E-state index contributed by atoms with van der Waals surface area (Å²) in [5.74, 6) is -0.239. The van der Waals surface area contributed by atoms with Gasteiger partial charge in [-0.25, -0.2) is 4.39 Å². The van der Waals surface area contributed by atoms with Gasteiger partial charge in [0.25, 0.3) is 0 Å². The standard InChI is InChI=1S/C15H17BrFN3/c1-20(10-12-4-2-3-7-19-12)15(9-18)13-8-11(16)5-6-14(13)17/h2-8,15H,9-10,18H2,1H3. The summed E-state index contributed by atoms with van der Waals surface area (Å²) >= 11 is 3.37. The zero-order valence-electron chi connectivity index (χ0n) is 11.3. The Morgan fingerprint density at radius 2 is 2.15 bits per heavy atom. The summed E-state index contributed by atoms with van der Waals surface area (Å²) in [6.07, 6.45) is 1.75. The molecular formula is C15H17BrFN3. The molecule has 0 radical (unpaired) electrons. The van der Waals surface area contributed by atoms with Crippen LogP contribution in [0, 0.1) is 5.82 Å². The van der Waals surface area contributed by atoms with Gasteiger partial charge >= 0.3 is 0 Å². The molecule has 1 atom stereocenters. The molecule has 2 rings (SSSR count). The van der Waals surface area contributed by atoms with E-state index in [0.29, 0.717) is 18.7 Å². The molecule has 0 saturated heterocycles. The zero-order chi connectivity index (χ0) is 14.5. The Balaban J connectivity index is 2.21. The molecule has 1 aromatic heterocycles. The maximum Gasteiger partial charge on any atom is 0.128 e. The van der Waals surface area contributed by atoms with Crippen LogP contribution in [0.5, 0.6) is 0 Å². The van der Waals surface area contributed by atoms with Gasteiger partial charge in [-0.15, -0.1) is 0 Å². The van der Waals surface area contributed by atoms with E-state index >= 15 is 0 Å². The molecule has 20 heavy (non-hydrogen) atoms. The normalized spacial score (nSPS) is 12.7. The first-order valence-corrected chi connectivity index (χ1v) is 7.16. The lowest BCUT2D eigenvalue weighted by molar-refractivity contribution is 0.234. The first-order chi connectivity index (χ1) is 9.61. The van der Waals surface area contributed by atoms with Crippen LogP contribution in [0.2, 0.25) is 0 Å². The van der Waals surface area contributed by atoms with E-state index in [-0.39, 0.29) is 11.9 Å². The smallest absolute Gasteiger partial charge is 0.128 e. The Morgan fingerprint density at radius 1 is 1.35 bits per heavy atom. The number of pyridine rings is 1. The van der Waals surface area contributed by atoms with Gasteiger partial charge in [0.05, 0.1) is 11.7 Å². The summed E-state index contributed by atoms with van der Waals surface area (Å²) in [5.41, 5.74) is 7.37. The lowest BCUT2D eigenvalue weighted by atomic mass is 10.0. The van der Waals surface area contributed by atoms with E-state index in [9.17, 15) is 4.39 Å². The molecule has 2 aromatic rings. The van der Waals surface area contributed by atoms with Crippen LogP contribution < -0.4 is 5.73 Å². The van der Waals surface area contributed by atoms with E-state index in [1.54, 1.807) is 18.3 Å². The lowest BCUT2D eigenvalue weighted by Gasteiger charge is -2.27. The topological polar surface area (TPSA) is 42.2 Å². The van der Waals surface area contributed by atoms with E-state index < -0.39 is 0 Å². The summed E-state index contributed by atoms with van der Waals surface area (Å²) in [6, 6.07) is 10.5. The molecule has 0 aliphatic rings. The SMILES string of the molecule is CN(Cc1ccccn1)C(CN)c1cc(Br)ccc1F. The van der Waals surface area contributed by atoms with Crippen LogP contribution >= 0.6 is 15.9 Å². The van der Waals surface area contributed by atoms with Gasteiger partial charge in [0.2, 0.25) is 0 Å². The number of hydrogen-bond acceptors (Lipinski definition) is 3. The molecule has 106 valence electrons. The molecule has 0 spiro atoms. The van der Waals surface area contributed by atoms with Gasteiger partial charge in [0.15, 0.2) is 0 Å². The van der Waals surface area contributed by atoms with Crippen molar-refractivity contribution in [1.29, 1.82) is 0 Å². The molecule has 3 nitrogen and oxygen atoms in total. The van der Waals surface area contributed by atoms with E-state index in [0.717, 1.165) is 10.2 Å². The van der Waals surface area contributed by atoms with Crippen molar-refractivity contribution >= 4 is 15.9 Å². The van der Waals surface area contributed by atoms with Gasteiger partial charge in [-0.2, -0.15) is 0 Å². The van der Waals surface area contributed by atoms with Crippen LogP contribution in [-0.2, 0) is 6.54 Å². The fourth-order valence-electron chi connectivity index (χ4n) is 2.17. The van der Waals surface area contributed by atoms with Crippen molar-refractivity contribution in [2.45, 2.75) is 12.6 Å².